The normalized spacial score (nSPS) is 11.2. The van der Waals surface area contributed by atoms with Crippen LogP contribution in [0.2, 0.25) is 0 Å². The highest BCUT2D eigenvalue weighted by Gasteiger charge is 2.19. The Balaban J connectivity index is 2.09. The molecule has 0 atom stereocenters. The van der Waals surface area contributed by atoms with Crippen molar-refractivity contribution in [2.45, 2.75) is 13.5 Å². The minimum absolute atomic E-state index is 0.267. The second-order valence-electron chi connectivity index (χ2n) is 6.93. The lowest BCUT2D eigenvalue weighted by Crippen LogP contribution is -2.36. The number of rotatable bonds is 3. The van der Waals surface area contributed by atoms with Crippen LogP contribution in [0.15, 0.2) is 70.4 Å². The van der Waals surface area contributed by atoms with Gasteiger partial charge in [-0.1, -0.05) is 54.1 Å². The molecule has 0 fully saturated rings. The quantitative estimate of drug-likeness (QED) is 0.564. The molecule has 0 unspecified atom stereocenters. The van der Waals surface area contributed by atoms with E-state index < -0.39 is 0 Å². The van der Waals surface area contributed by atoms with Gasteiger partial charge < -0.3 is 4.57 Å². The molecule has 0 saturated carbocycles. The van der Waals surface area contributed by atoms with Crippen molar-refractivity contribution in [3.63, 3.8) is 0 Å². The van der Waals surface area contributed by atoms with Crippen LogP contribution >= 0.6 is 0 Å². The van der Waals surface area contributed by atoms with Crippen molar-refractivity contribution in [2.24, 2.45) is 14.1 Å². The maximum Gasteiger partial charge on any atom is 0.330 e. The molecule has 0 radical (unpaired) electrons. The average molecular weight is 359 g/mol. The zero-order valence-electron chi connectivity index (χ0n) is 15.6. The smallest absolute Gasteiger partial charge is 0.330 e. The van der Waals surface area contributed by atoms with Gasteiger partial charge >= 0.3 is 5.69 Å². The minimum atomic E-state index is -0.319. The first kappa shape index (κ1) is 17.1. The van der Waals surface area contributed by atoms with Crippen LogP contribution in [-0.4, -0.2) is 13.7 Å². The van der Waals surface area contributed by atoms with Gasteiger partial charge in [0, 0.05) is 26.8 Å². The summed E-state index contributed by atoms with van der Waals surface area (Å²) in [7, 11) is 3.23. The van der Waals surface area contributed by atoms with Crippen LogP contribution in [-0.2, 0) is 20.6 Å². The Morgan fingerprint density at radius 3 is 2.33 bits per heavy atom. The summed E-state index contributed by atoms with van der Waals surface area (Å²) >= 11 is 0. The van der Waals surface area contributed by atoms with Crippen LogP contribution in [0.4, 0.5) is 0 Å². The van der Waals surface area contributed by atoms with E-state index in [-0.39, 0.29) is 11.2 Å². The average Bonchev–Trinajstić information content (AvgIpc) is 3.05. The number of hydrogen-bond donors (Lipinski definition) is 0. The maximum atomic E-state index is 13.0. The van der Waals surface area contributed by atoms with Crippen LogP contribution in [0, 0.1) is 6.92 Å². The third kappa shape index (κ3) is 2.81. The monoisotopic (exact) mass is 359 g/mol. The summed E-state index contributed by atoms with van der Waals surface area (Å²) in [5.74, 6) is 0. The first-order chi connectivity index (χ1) is 13.0. The molecule has 4 rings (SSSR count). The van der Waals surface area contributed by atoms with Gasteiger partial charge in [0.25, 0.3) is 5.56 Å². The fraction of sp³-hybridized carbons (Fsp3) is 0.182. The molecule has 4 aromatic rings. The highest BCUT2D eigenvalue weighted by atomic mass is 16.2. The molecule has 0 bridgehead atoms. The number of benzene rings is 2. The minimum Gasteiger partial charge on any atom is -0.340 e. The van der Waals surface area contributed by atoms with E-state index >= 15 is 0 Å². The zero-order chi connectivity index (χ0) is 19.1. The molecule has 0 aliphatic heterocycles. The van der Waals surface area contributed by atoms with E-state index in [1.807, 2.05) is 49.5 Å². The second kappa shape index (κ2) is 6.43. The Morgan fingerprint density at radius 1 is 0.889 bits per heavy atom. The lowest BCUT2D eigenvalue weighted by molar-refractivity contribution is 0.714. The molecule has 0 spiro atoms. The van der Waals surface area contributed by atoms with Gasteiger partial charge in [-0.25, -0.2) is 4.79 Å². The summed E-state index contributed by atoms with van der Waals surface area (Å²) < 4.78 is 4.78. The molecule has 2 heterocycles. The summed E-state index contributed by atoms with van der Waals surface area (Å²) in [5, 5.41) is 0.570. The van der Waals surface area contributed by atoms with E-state index in [2.05, 4.69) is 22.8 Å². The Hall–Kier alpha value is -3.34. The van der Waals surface area contributed by atoms with E-state index in [0.717, 1.165) is 22.4 Å². The van der Waals surface area contributed by atoms with Gasteiger partial charge in [0.15, 0.2) is 0 Å². The summed E-state index contributed by atoms with van der Waals surface area (Å²) in [4.78, 5) is 25.4. The van der Waals surface area contributed by atoms with E-state index in [0.29, 0.717) is 17.4 Å². The van der Waals surface area contributed by atoms with Gasteiger partial charge in [-0.05, 0) is 24.1 Å². The van der Waals surface area contributed by atoms with Crippen molar-refractivity contribution in [1.29, 1.82) is 0 Å². The van der Waals surface area contributed by atoms with Crippen LogP contribution in [0.5, 0.6) is 0 Å². The van der Waals surface area contributed by atoms with Crippen LogP contribution < -0.4 is 11.2 Å². The van der Waals surface area contributed by atoms with Crippen LogP contribution in [0.25, 0.3) is 22.2 Å². The van der Waals surface area contributed by atoms with Gasteiger partial charge in [-0.3, -0.25) is 13.9 Å². The van der Waals surface area contributed by atoms with Gasteiger partial charge in [0.1, 0.15) is 0 Å². The van der Waals surface area contributed by atoms with Crippen LogP contribution in [0.1, 0.15) is 11.1 Å². The predicted molar refractivity (Wildman–Crippen MR) is 108 cm³/mol. The molecule has 0 N–H and O–H groups in total. The van der Waals surface area contributed by atoms with Crippen molar-refractivity contribution in [3.8, 4) is 11.3 Å². The molecule has 0 saturated heterocycles. The number of fused-ring (bicyclic) bond motifs is 1. The molecular weight excluding hydrogens is 338 g/mol. The maximum absolute atomic E-state index is 13.0. The van der Waals surface area contributed by atoms with Gasteiger partial charge in [-0.2, -0.15) is 0 Å². The molecular formula is C22H21N3O2. The first-order valence-electron chi connectivity index (χ1n) is 8.87. The van der Waals surface area contributed by atoms with Crippen molar-refractivity contribution >= 4 is 10.9 Å². The van der Waals surface area contributed by atoms with E-state index in [4.69, 9.17) is 0 Å². The fourth-order valence-electron chi connectivity index (χ4n) is 3.60. The summed E-state index contributed by atoms with van der Waals surface area (Å²) in [5.41, 5.74) is 4.13. The van der Waals surface area contributed by atoms with E-state index in [9.17, 15) is 9.59 Å². The summed E-state index contributed by atoms with van der Waals surface area (Å²) in [6.45, 7) is 2.65. The zero-order valence-corrected chi connectivity index (χ0v) is 15.6. The summed E-state index contributed by atoms with van der Waals surface area (Å²) in [6.07, 6.45) is 1.91. The molecule has 5 nitrogen and oxygen atoms in total. The first-order valence-corrected chi connectivity index (χ1v) is 8.87. The Bertz CT molecular complexity index is 1260. The molecule has 0 amide bonds. The van der Waals surface area contributed by atoms with Crippen molar-refractivity contribution in [2.75, 3.05) is 0 Å². The molecule has 2 aromatic carbocycles. The van der Waals surface area contributed by atoms with Gasteiger partial charge in [0.05, 0.1) is 16.6 Å². The largest absolute Gasteiger partial charge is 0.340 e. The number of aryl methyl sites for hydroxylation is 2. The van der Waals surface area contributed by atoms with E-state index in [1.165, 1.54) is 16.2 Å². The third-order valence-corrected chi connectivity index (χ3v) is 5.00. The lowest BCUT2D eigenvalue weighted by Gasteiger charge is -2.11. The molecule has 27 heavy (non-hydrogen) atoms. The molecule has 136 valence electrons. The topological polar surface area (TPSA) is 48.9 Å². The fourth-order valence-corrected chi connectivity index (χ4v) is 3.60. The number of hydrogen-bond acceptors (Lipinski definition) is 2. The SMILES string of the molecule is Cc1cccc(-c2c3c(=O)n(C)c(=O)n(C)c3cn2Cc2ccccc2)c1. The van der Waals surface area contributed by atoms with E-state index in [1.54, 1.807) is 7.05 Å². The standard InChI is InChI=1S/C22H21N3O2/c1-15-8-7-11-17(12-15)20-19-18(23(2)22(27)24(3)21(19)26)14-25(20)13-16-9-5-4-6-10-16/h4-12,14H,13H2,1-3H3. The second-order valence-corrected chi connectivity index (χ2v) is 6.93. The number of aromatic nitrogens is 3. The predicted octanol–water partition coefficient (Wildman–Crippen LogP) is 3.06. The van der Waals surface area contributed by atoms with Gasteiger partial charge in [0.2, 0.25) is 0 Å². The van der Waals surface area contributed by atoms with Crippen LogP contribution in [0.3, 0.4) is 0 Å². The highest BCUT2D eigenvalue weighted by molar-refractivity contribution is 5.93. The van der Waals surface area contributed by atoms with Gasteiger partial charge in [-0.15, -0.1) is 0 Å². The molecule has 0 aliphatic rings. The van der Waals surface area contributed by atoms with Crippen molar-refractivity contribution in [1.82, 2.24) is 13.7 Å². The highest BCUT2D eigenvalue weighted by Crippen LogP contribution is 2.29. The molecule has 5 heteroatoms. The molecule has 0 aliphatic carbocycles. The van der Waals surface area contributed by atoms with Crippen molar-refractivity contribution < 1.29 is 0 Å². The Kier molecular flexibility index (Phi) is 4.07. The Labute approximate surface area is 156 Å². The Morgan fingerprint density at radius 2 is 1.63 bits per heavy atom. The third-order valence-electron chi connectivity index (χ3n) is 5.00. The lowest BCUT2D eigenvalue weighted by atomic mass is 10.1. The molecule has 2 aromatic heterocycles. The summed E-state index contributed by atoms with van der Waals surface area (Å²) in [6, 6.07) is 18.2. The van der Waals surface area contributed by atoms with Crippen molar-refractivity contribution in [3.05, 3.63) is 92.8 Å². The number of nitrogens with zero attached hydrogens (tertiary/aromatic N) is 3.